The van der Waals surface area contributed by atoms with E-state index >= 15 is 0 Å². The third-order valence-corrected chi connectivity index (χ3v) is 5.66. The smallest absolute Gasteiger partial charge is 0.275 e. The zero-order chi connectivity index (χ0) is 23.2. The van der Waals surface area contributed by atoms with Gasteiger partial charge in [0.2, 0.25) is 5.95 Å². The number of aryl methyl sites for hydroxylation is 1. The van der Waals surface area contributed by atoms with Crippen LogP contribution in [-0.4, -0.2) is 76.7 Å². The lowest BCUT2D eigenvalue weighted by Crippen LogP contribution is -2.41. The molecule has 1 amide bonds. The zero-order valence-electron chi connectivity index (χ0n) is 18.2. The maximum absolute atomic E-state index is 13.3. The van der Waals surface area contributed by atoms with Crippen molar-refractivity contribution in [2.75, 3.05) is 32.0 Å². The number of hydrogen-bond acceptors (Lipinski definition) is 9. The first-order valence-corrected chi connectivity index (χ1v) is 10.4. The fraction of sp³-hybridized carbons (Fsp3) is 0.333. The number of carbonyl (C=O) groups is 1. The van der Waals surface area contributed by atoms with Crippen LogP contribution in [0.15, 0.2) is 36.8 Å². The minimum absolute atomic E-state index is 0.0815. The van der Waals surface area contributed by atoms with Crippen molar-refractivity contribution in [2.45, 2.75) is 12.5 Å². The number of nitrogens with two attached hydrogens (primary N) is 1. The second-order valence-electron chi connectivity index (χ2n) is 7.98. The van der Waals surface area contributed by atoms with Crippen LogP contribution in [-0.2, 0) is 17.4 Å². The Morgan fingerprint density at radius 1 is 1.18 bits per heavy atom. The molecule has 0 bridgehead atoms. The maximum atomic E-state index is 13.3. The number of ether oxygens (including phenoxy) is 1. The Morgan fingerprint density at radius 2 is 1.97 bits per heavy atom. The lowest BCUT2D eigenvalue weighted by Gasteiger charge is -2.26. The third kappa shape index (κ3) is 3.68. The summed E-state index contributed by atoms with van der Waals surface area (Å²) in [5.74, 6) is 0.542. The first-order valence-electron chi connectivity index (χ1n) is 10.4. The highest BCUT2D eigenvalue weighted by molar-refractivity contribution is 6.05. The zero-order valence-corrected chi connectivity index (χ0v) is 18.2. The van der Waals surface area contributed by atoms with E-state index in [4.69, 9.17) is 10.5 Å². The number of carbonyl (C=O) groups excluding carboxylic acids is 1. The molecule has 0 aliphatic carbocycles. The molecule has 1 atom stereocenters. The van der Waals surface area contributed by atoms with Crippen molar-refractivity contribution >= 4 is 22.8 Å². The van der Waals surface area contributed by atoms with Crippen molar-refractivity contribution in [1.82, 2.24) is 39.4 Å². The van der Waals surface area contributed by atoms with Crippen molar-refractivity contribution in [2.24, 2.45) is 7.05 Å². The summed E-state index contributed by atoms with van der Waals surface area (Å²) in [5.41, 5.74) is 5.72. The number of morpholine rings is 1. The number of anilines is 1. The van der Waals surface area contributed by atoms with Crippen LogP contribution in [0, 0.1) is 0 Å². The lowest BCUT2D eigenvalue weighted by atomic mass is 9.94. The second kappa shape index (κ2) is 7.90. The first kappa shape index (κ1) is 21.0. The van der Waals surface area contributed by atoms with Crippen LogP contribution < -0.4 is 5.73 Å². The van der Waals surface area contributed by atoms with E-state index in [1.54, 1.807) is 43.1 Å². The van der Waals surface area contributed by atoms with Crippen molar-refractivity contribution in [3.63, 3.8) is 0 Å². The number of amides is 1. The van der Waals surface area contributed by atoms with Gasteiger partial charge in [-0.25, -0.2) is 14.6 Å². The topological polar surface area (TPSA) is 150 Å². The van der Waals surface area contributed by atoms with Gasteiger partial charge in [-0.05, 0) is 24.6 Å². The highest BCUT2D eigenvalue weighted by Crippen LogP contribution is 2.31. The van der Waals surface area contributed by atoms with Gasteiger partial charge in [0.25, 0.3) is 5.91 Å². The molecular weight excluding hydrogens is 426 g/mol. The van der Waals surface area contributed by atoms with Gasteiger partial charge in [0.1, 0.15) is 11.9 Å². The van der Waals surface area contributed by atoms with E-state index in [-0.39, 0.29) is 23.4 Å². The van der Waals surface area contributed by atoms with E-state index in [0.717, 1.165) is 0 Å². The van der Waals surface area contributed by atoms with Crippen LogP contribution in [0.25, 0.3) is 16.7 Å². The molecule has 12 nitrogen and oxygen atoms in total. The van der Waals surface area contributed by atoms with Crippen molar-refractivity contribution < 1.29 is 14.6 Å². The molecule has 0 radical (unpaired) electrons. The van der Waals surface area contributed by atoms with E-state index in [1.807, 2.05) is 0 Å². The Hall–Kier alpha value is -3.90. The monoisotopic (exact) mass is 449 g/mol. The van der Waals surface area contributed by atoms with Gasteiger partial charge in [0.15, 0.2) is 17.3 Å². The summed E-state index contributed by atoms with van der Waals surface area (Å²) in [6.07, 6.45) is 3.04. The van der Waals surface area contributed by atoms with E-state index in [9.17, 15) is 9.90 Å². The Labute approximate surface area is 188 Å². The molecule has 0 saturated carbocycles. The summed E-state index contributed by atoms with van der Waals surface area (Å²) in [7, 11) is 1.73. The van der Waals surface area contributed by atoms with Crippen LogP contribution in [0.3, 0.4) is 0 Å². The summed E-state index contributed by atoms with van der Waals surface area (Å²) in [6, 6.07) is 6.92. The predicted octanol–water partition coefficient (Wildman–Crippen LogP) is 0.254. The molecule has 5 rings (SSSR count). The molecule has 12 heteroatoms. The van der Waals surface area contributed by atoms with Crippen LogP contribution in [0.4, 0.5) is 5.95 Å². The molecule has 170 valence electrons. The average Bonchev–Trinajstić information content (AvgIpc) is 3.43. The summed E-state index contributed by atoms with van der Waals surface area (Å²) in [4.78, 5) is 27.4. The lowest BCUT2D eigenvalue weighted by molar-refractivity contribution is 0.0300. The molecule has 3 aromatic heterocycles. The normalized spacial score (nSPS) is 16.2. The number of rotatable bonds is 4. The van der Waals surface area contributed by atoms with Gasteiger partial charge in [0, 0.05) is 37.8 Å². The van der Waals surface area contributed by atoms with E-state index < -0.39 is 5.60 Å². The highest BCUT2D eigenvalue weighted by Gasteiger charge is 2.32. The van der Waals surface area contributed by atoms with Crippen molar-refractivity contribution in [3.8, 4) is 5.82 Å². The van der Waals surface area contributed by atoms with Crippen LogP contribution in [0.2, 0.25) is 0 Å². The molecule has 1 aromatic carbocycles. The standard InChI is InChI=1S/C21H23N9O3/c1-21(32,19-24-12-28(2)27-19)13-3-4-14-15(11-13)30(16-5-6-23-20(22)25-16)26-17(14)18(31)29-7-9-33-10-8-29/h3-6,11-12,32H,7-10H2,1-2H3,(H2,22,23,25). The number of fused-ring (bicyclic) bond motifs is 1. The maximum Gasteiger partial charge on any atom is 0.275 e. The van der Waals surface area contributed by atoms with Gasteiger partial charge < -0.3 is 20.5 Å². The van der Waals surface area contributed by atoms with Gasteiger partial charge in [0.05, 0.1) is 18.7 Å². The van der Waals surface area contributed by atoms with Gasteiger partial charge in [-0.1, -0.05) is 6.07 Å². The Morgan fingerprint density at radius 3 is 2.67 bits per heavy atom. The predicted molar refractivity (Wildman–Crippen MR) is 117 cm³/mol. The Balaban J connectivity index is 1.67. The van der Waals surface area contributed by atoms with Crippen LogP contribution in [0.1, 0.15) is 28.8 Å². The molecule has 3 N–H and O–H groups in total. The minimum atomic E-state index is -1.47. The number of nitrogen functional groups attached to an aromatic ring is 1. The number of nitrogens with zero attached hydrogens (tertiary/aromatic N) is 8. The van der Waals surface area contributed by atoms with Gasteiger partial charge in [-0.2, -0.15) is 15.2 Å². The molecule has 1 unspecified atom stereocenters. The van der Waals surface area contributed by atoms with Crippen LogP contribution in [0.5, 0.6) is 0 Å². The first-order chi connectivity index (χ1) is 15.8. The molecular formula is C21H23N9O3. The van der Waals surface area contributed by atoms with E-state index in [0.29, 0.717) is 48.6 Å². The molecule has 1 saturated heterocycles. The molecule has 33 heavy (non-hydrogen) atoms. The third-order valence-electron chi connectivity index (χ3n) is 5.66. The van der Waals surface area contributed by atoms with Crippen molar-refractivity contribution in [3.05, 3.63) is 53.9 Å². The number of aliphatic hydroxyl groups is 1. The number of hydrogen-bond donors (Lipinski definition) is 2. The Bertz CT molecular complexity index is 1340. The van der Waals surface area contributed by atoms with Gasteiger partial charge in [-0.3, -0.25) is 9.48 Å². The number of benzene rings is 1. The minimum Gasteiger partial charge on any atom is -0.378 e. The average molecular weight is 449 g/mol. The molecule has 0 spiro atoms. The number of aromatic nitrogens is 7. The Kier molecular flexibility index (Phi) is 5.02. The SMILES string of the molecule is Cn1cnc(C(C)(O)c2ccc3c(C(=O)N4CCOCC4)nn(-c4ccnc(N)n4)c3c2)n1. The summed E-state index contributed by atoms with van der Waals surface area (Å²) in [5, 5.41) is 20.7. The van der Waals surface area contributed by atoms with Crippen molar-refractivity contribution in [1.29, 1.82) is 0 Å². The second-order valence-corrected chi connectivity index (χ2v) is 7.98. The molecule has 1 aliphatic heterocycles. The molecule has 1 aliphatic rings. The fourth-order valence-electron chi connectivity index (χ4n) is 3.84. The highest BCUT2D eigenvalue weighted by atomic mass is 16.5. The van der Waals surface area contributed by atoms with Gasteiger partial charge >= 0.3 is 0 Å². The van der Waals surface area contributed by atoms with E-state index in [1.165, 1.54) is 21.9 Å². The van der Waals surface area contributed by atoms with E-state index in [2.05, 4.69) is 25.1 Å². The summed E-state index contributed by atoms with van der Waals surface area (Å²) < 4.78 is 8.42. The fourth-order valence-corrected chi connectivity index (χ4v) is 3.84. The largest absolute Gasteiger partial charge is 0.378 e. The molecule has 4 heterocycles. The molecule has 4 aromatic rings. The van der Waals surface area contributed by atoms with Gasteiger partial charge in [-0.15, -0.1) is 0 Å². The molecule has 1 fully saturated rings. The summed E-state index contributed by atoms with van der Waals surface area (Å²) >= 11 is 0. The quantitative estimate of drug-likeness (QED) is 0.447. The van der Waals surface area contributed by atoms with Crippen LogP contribution >= 0.6 is 0 Å². The summed E-state index contributed by atoms with van der Waals surface area (Å²) in [6.45, 7) is 3.57.